The molecule has 1 atom stereocenters. The zero-order valence-electron chi connectivity index (χ0n) is 12.5. The van der Waals surface area contributed by atoms with E-state index in [1.165, 1.54) is 5.01 Å². The van der Waals surface area contributed by atoms with Gasteiger partial charge in [0.2, 0.25) is 0 Å². The van der Waals surface area contributed by atoms with Gasteiger partial charge in [-0.3, -0.25) is 4.68 Å². The molecule has 0 saturated carbocycles. The molecule has 0 bridgehead atoms. The summed E-state index contributed by atoms with van der Waals surface area (Å²) in [5, 5.41) is 11.1. The number of hydrogen-bond donors (Lipinski definition) is 1. The molecule has 0 aromatic carbocycles. The quantitative estimate of drug-likeness (QED) is 0.811. The van der Waals surface area contributed by atoms with Crippen molar-refractivity contribution in [1.29, 1.82) is 0 Å². The van der Waals surface area contributed by atoms with Crippen LogP contribution in [0, 0.1) is 6.92 Å². The molecule has 2 heterocycles. The molecule has 0 amide bonds. The molecule has 0 spiro atoms. The van der Waals surface area contributed by atoms with E-state index in [1.807, 2.05) is 11.6 Å². The van der Waals surface area contributed by atoms with Gasteiger partial charge in [-0.15, -0.1) is 11.3 Å². The van der Waals surface area contributed by atoms with Crippen LogP contribution in [0.3, 0.4) is 0 Å². The van der Waals surface area contributed by atoms with Gasteiger partial charge in [-0.25, -0.2) is 9.97 Å². The number of nitrogens with one attached hydrogen (secondary N) is 1. The molecule has 2 rings (SSSR count). The predicted octanol–water partition coefficient (Wildman–Crippen LogP) is 2.22. The van der Waals surface area contributed by atoms with Gasteiger partial charge < -0.3 is 5.32 Å². The number of likely N-dealkylation sites (N-methyl/N-ethyl adjacent to an activating group) is 1. The molecule has 0 aliphatic heterocycles. The number of nitrogens with zero attached hydrogens (tertiary/aromatic N) is 4. The normalized spacial score (nSPS) is 12.8. The molecule has 1 N–H and O–H groups in total. The standard InChI is InChI=1S/C14H23N5S/c1-4-6-19-13(16-10-17-19)7-12(15-5-2)8-14-18-11(3)9-20-14/h9-10,12,15H,4-8H2,1-3H3. The minimum absolute atomic E-state index is 0.366. The van der Waals surface area contributed by atoms with E-state index < -0.39 is 0 Å². The van der Waals surface area contributed by atoms with Gasteiger partial charge in [0.25, 0.3) is 0 Å². The summed E-state index contributed by atoms with van der Waals surface area (Å²) >= 11 is 1.74. The lowest BCUT2D eigenvalue weighted by atomic mass is 10.1. The molecule has 0 aliphatic rings. The summed E-state index contributed by atoms with van der Waals surface area (Å²) in [5.41, 5.74) is 1.11. The summed E-state index contributed by atoms with van der Waals surface area (Å²) in [4.78, 5) is 8.95. The fourth-order valence-corrected chi connectivity index (χ4v) is 3.13. The molecule has 20 heavy (non-hydrogen) atoms. The zero-order chi connectivity index (χ0) is 14.4. The van der Waals surface area contributed by atoms with E-state index in [0.717, 1.165) is 43.9 Å². The van der Waals surface area contributed by atoms with Crippen molar-refractivity contribution >= 4 is 11.3 Å². The van der Waals surface area contributed by atoms with Crippen LogP contribution in [-0.4, -0.2) is 32.3 Å². The Kier molecular flexibility index (Phi) is 5.67. The highest BCUT2D eigenvalue weighted by molar-refractivity contribution is 7.09. The summed E-state index contributed by atoms with van der Waals surface area (Å²) < 4.78 is 2.01. The molecule has 0 radical (unpaired) electrons. The minimum Gasteiger partial charge on any atom is -0.313 e. The Hall–Kier alpha value is -1.27. The first kappa shape index (κ1) is 15.1. The minimum atomic E-state index is 0.366. The van der Waals surface area contributed by atoms with E-state index in [1.54, 1.807) is 17.7 Å². The van der Waals surface area contributed by atoms with Crippen LogP contribution in [0.5, 0.6) is 0 Å². The number of aryl methyl sites for hydroxylation is 2. The van der Waals surface area contributed by atoms with E-state index >= 15 is 0 Å². The topological polar surface area (TPSA) is 55.6 Å². The van der Waals surface area contributed by atoms with Crippen LogP contribution in [-0.2, 0) is 19.4 Å². The fraction of sp³-hybridized carbons (Fsp3) is 0.643. The average Bonchev–Trinajstić information content (AvgIpc) is 3.00. The van der Waals surface area contributed by atoms with E-state index in [4.69, 9.17) is 0 Å². The number of thiazole rings is 1. The lowest BCUT2D eigenvalue weighted by molar-refractivity contribution is 0.481. The van der Waals surface area contributed by atoms with E-state index in [-0.39, 0.29) is 0 Å². The van der Waals surface area contributed by atoms with Crippen LogP contribution in [0.1, 0.15) is 36.8 Å². The molecular weight excluding hydrogens is 270 g/mol. The van der Waals surface area contributed by atoms with E-state index in [9.17, 15) is 0 Å². The summed E-state index contributed by atoms with van der Waals surface area (Å²) in [6.07, 6.45) is 4.58. The van der Waals surface area contributed by atoms with Crippen molar-refractivity contribution in [3.8, 4) is 0 Å². The van der Waals surface area contributed by atoms with Crippen LogP contribution >= 0.6 is 11.3 Å². The second kappa shape index (κ2) is 7.50. The lowest BCUT2D eigenvalue weighted by Crippen LogP contribution is -2.34. The van der Waals surface area contributed by atoms with Crippen LogP contribution in [0.2, 0.25) is 0 Å². The summed E-state index contributed by atoms with van der Waals surface area (Å²) in [7, 11) is 0. The highest BCUT2D eigenvalue weighted by Gasteiger charge is 2.15. The third-order valence-corrected chi connectivity index (χ3v) is 4.13. The van der Waals surface area contributed by atoms with E-state index in [0.29, 0.717) is 6.04 Å². The Balaban J connectivity index is 2.02. The second-order valence-corrected chi connectivity index (χ2v) is 5.89. The molecule has 6 heteroatoms. The molecule has 0 fully saturated rings. The maximum absolute atomic E-state index is 4.56. The zero-order valence-corrected chi connectivity index (χ0v) is 13.3. The van der Waals surface area contributed by atoms with Crippen molar-refractivity contribution in [2.45, 2.75) is 52.6 Å². The van der Waals surface area contributed by atoms with Gasteiger partial charge >= 0.3 is 0 Å². The Morgan fingerprint density at radius 1 is 1.35 bits per heavy atom. The largest absolute Gasteiger partial charge is 0.313 e. The number of aromatic nitrogens is 4. The highest BCUT2D eigenvalue weighted by Crippen LogP contribution is 2.13. The van der Waals surface area contributed by atoms with Crippen molar-refractivity contribution in [3.05, 3.63) is 28.2 Å². The van der Waals surface area contributed by atoms with Crippen molar-refractivity contribution in [2.24, 2.45) is 0 Å². The molecule has 110 valence electrons. The van der Waals surface area contributed by atoms with Crippen LogP contribution in [0.4, 0.5) is 0 Å². The first-order chi connectivity index (χ1) is 9.72. The van der Waals surface area contributed by atoms with Gasteiger partial charge in [-0.1, -0.05) is 13.8 Å². The third-order valence-electron chi connectivity index (χ3n) is 3.14. The van der Waals surface area contributed by atoms with Crippen molar-refractivity contribution in [1.82, 2.24) is 25.1 Å². The summed E-state index contributed by atoms with van der Waals surface area (Å²) in [6, 6.07) is 0.366. The molecule has 1 unspecified atom stereocenters. The third kappa shape index (κ3) is 4.11. The van der Waals surface area contributed by atoms with Gasteiger partial charge in [0.1, 0.15) is 12.2 Å². The number of rotatable bonds is 8. The Bertz CT molecular complexity index is 519. The molecule has 5 nitrogen and oxygen atoms in total. The SMILES string of the molecule is CCCn1ncnc1CC(Cc1nc(C)cs1)NCC. The average molecular weight is 293 g/mol. The molecule has 0 aliphatic carbocycles. The Morgan fingerprint density at radius 3 is 2.85 bits per heavy atom. The van der Waals surface area contributed by atoms with Crippen molar-refractivity contribution in [2.75, 3.05) is 6.54 Å². The monoisotopic (exact) mass is 293 g/mol. The van der Waals surface area contributed by atoms with Crippen molar-refractivity contribution in [3.63, 3.8) is 0 Å². The Morgan fingerprint density at radius 2 is 2.20 bits per heavy atom. The van der Waals surface area contributed by atoms with Gasteiger partial charge in [0.15, 0.2) is 0 Å². The fourth-order valence-electron chi connectivity index (χ4n) is 2.28. The maximum atomic E-state index is 4.56. The summed E-state index contributed by atoms with van der Waals surface area (Å²) in [5.74, 6) is 1.06. The van der Waals surface area contributed by atoms with Crippen LogP contribution in [0.25, 0.3) is 0 Å². The maximum Gasteiger partial charge on any atom is 0.138 e. The smallest absolute Gasteiger partial charge is 0.138 e. The van der Waals surface area contributed by atoms with Crippen LogP contribution < -0.4 is 5.32 Å². The van der Waals surface area contributed by atoms with Crippen molar-refractivity contribution < 1.29 is 0 Å². The predicted molar refractivity (Wildman–Crippen MR) is 82.0 cm³/mol. The molecular formula is C14H23N5S. The van der Waals surface area contributed by atoms with E-state index in [2.05, 4.69) is 39.6 Å². The molecule has 0 saturated heterocycles. The second-order valence-electron chi connectivity index (χ2n) is 4.94. The van der Waals surface area contributed by atoms with Gasteiger partial charge in [-0.05, 0) is 19.9 Å². The molecule has 2 aromatic rings. The summed E-state index contributed by atoms with van der Waals surface area (Å²) in [6.45, 7) is 8.23. The van der Waals surface area contributed by atoms with Gasteiger partial charge in [0, 0.05) is 36.5 Å². The van der Waals surface area contributed by atoms with Gasteiger partial charge in [-0.2, -0.15) is 5.10 Å². The first-order valence-corrected chi connectivity index (χ1v) is 8.12. The van der Waals surface area contributed by atoms with Gasteiger partial charge in [0.05, 0.1) is 5.01 Å². The highest BCUT2D eigenvalue weighted by atomic mass is 32.1. The van der Waals surface area contributed by atoms with Crippen LogP contribution in [0.15, 0.2) is 11.7 Å². The first-order valence-electron chi connectivity index (χ1n) is 7.24. The number of hydrogen-bond acceptors (Lipinski definition) is 5. The Labute approximate surface area is 124 Å². The lowest BCUT2D eigenvalue weighted by Gasteiger charge is -2.16. The molecule has 2 aromatic heterocycles.